The molecule has 0 saturated heterocycles. The van der Waals surface area contributed by atoms with E-state index in [-0.39, 0.29) is 11.5 Å². The summed E-state index contributed by atoms with van der Waals surface area (Å²) in [7, 11) is 0. The minimum Gasteiger partial charge on any atom is -0.390 e. The lowest BCUT2D eigenvalue weighted by Crippen LogP contribution is -2.15. The summed E-state index contributed by atoms with van der Waals surface area (Å²) in [6, 6.07) is 7.16. The maximum absolute atomic E-state index is 12.2. The molecule has 0 unspecified atom stereocenters. The smallest absolute Gasteiger partial charge is 0.265 e. The number of anilines is 1. The zero-order valence-electron chi connectivity index (χ0n) is 13.5. The van der Waals surface area contributed by atoms with E-state index >= 15 is 0 Å². The number of halogens is 1. The average molecular weight is 351 g/mol. The molecule has 0 fully saturated rings. The van der Waals surface area contributed by atoms with Gasteiger partial charge in [-0.2, -0.15) is 0 Å². The molecule has 0 aliphatic rings. The van der Waals surface area contributed by atoms with Crippen LogP contribution in [0.2, 0.25) is 5.02 Å². The van der Waals surface area contributed by atoms with Crippen LogP contribution in [0.5, 0.6) is 0 Å². The standard InChI is InChI=1S/C17H19ClN2O2S/c1-11-7-8-23-15(11)16(21)20-13-5-6-14(18)12(9-13)10-19-22-17(2,3)4/h5-10H,1-4H3,(H,20,21)/b19-10+. The second-order valence-corrected chi connectivity index (χ2v) is 7.38. The van der Waals surface area contributed by atoms with Crippen molar-refractivity contribution in [3.05, 3.63) is 50.7 Å². The summed E-state index contributed by atoms with van der Waals surface area (Å²) in [6.07, 6.45) is 1.54. The van der Waals surface area contributed by atoms with Crippen LogP contribution in [-0.2, 0) is 4.84 Å². The summed E-state index contributed by atoms with van der Waals surface area (Å²) in [5, 5.41) is 9.24. The summed E-state index contributed by atoms with van der Waals surface area (Å²) >= 11 is 7.57. The molecule has 2 rings (SSSR count). The molecule has 0 aliphatic carbocycles. The van der Waals surface area contributed by atoms with Crippen molar-refractivity contribution in [1.29, 1.82) is 0 Å². The normalized spacial score (nSPS) is 11.7. The van der Waals surface area contributed by atoms with Gasteiger partial charge in [0.2, 0.25) is 0 Å². The van der Waals surface area contributed by atoms with E-state index in [1.54, 1.807) is 24.4 Å². The molecular formula is C17H19ClN2O2S. The first kappa shape index (κ1) is 17.5. The number of carbonyl (C=O) groups excluding carboxylic acids is 1. The first-order valence-corrected chi connectivity index (χ1v) is 8.38. The monoisotopic (exact) mass is 350 g/mol. The van der Waals surface area contributed by atoms with E-state index in [0.29, 0.717) is 21.2 Å². The Morgan fingerprint density at radius 3 is 2.70 bits per heavy atom. The summed E-state index contributed by atoms with van der Waals surface area (Å²) in [5.41, 5.74) is 1.92. The van der Waals surface area contributed by atoms with Gasteiger partial charge in [0.25, 0.3) is 5.91 Å². The predicted octanol–water partition coefficient (Wildman–Crippen LogP) is 5.11. The fourth-order valence-corrected chi connectivity index (χ4v) is 2.74. The van der Waals surface area contributed by atoms with Gasteiger partial charge in [0.05, 0.1) is 11.1 Å². The molecule has 1 heterocycles. The van der Waals surface area contributed by atoms with Gasteiger partial charge in [-0.3, -0.25) is 4.79 Å². The van der Waals surface area contributed by atoms with Gasteiger partial charge in [-0.25, -0.2) is 0 Å². The molecule has 2 aromatic rings. The summed E-state index contributed by atoms with van der Waals surface area (Å²) in [4.78, 5) is 18.3. The summed E-state index contributed by atoms with van der Waals surface area (Å²) < 4.78 is 0. The molecule has 0 bridgehead atoms. The van der Waals surface area contributed by atoms with Gasteiger partial charge in [-0.1, -0.05) is 16.8 Å². The number of hydrogen-bond donors (Lipinski definition) is 1. The molecule has 0 saturated carbocycles. The van der Waals surface area contributed by atoms with E-state index in [0.717, 1.165) is 5.56 Å². The van der Waals surface area contributed by atoms with Crippen LogP contribution < -0.4 is 5.32 Å². The molecule has 6 heteroatoms. The van der Waals surface area contributed by atoms with Crippen molar-refractivity contribution in [1.82, 2.24) is 0 Å². The van der Waals surface area contributed by atoms with Crippen molar-refractivity contribution in [2.24, 2.45) is 5.16 Å². The number of rotatable bonds is 4. The molecule has 1 N–H and O–H groups in total. The number of aryl methyl sites for hydroxylation is 1. The zero-order chi connectivity index (χ0) is 17.0. The van der Waals surface area contributed by atoms with Crippen LogP contribution in [0, 0.1) is 6.92 Å². The van der Waals surface area contributed by atoms with Crippen LogP contribution in [0.1, 0.15) is 41.6 Å². The van der Waals surface area contributed by atoms with Crippen LogP contribution in [0.3, 0.4) is 0 Å². The summed E-state index contributed by atoms with van der Waals surface area (Å²) in [5.74, 6) is -0.131. The zero-order valence-corrected chi connectivity index (χ0v) is 15.1. The van der Waals surface area contributed by atoms with Gasteiger partial charge in [0, 0.05) is 16.3 Å². The molecule has 0 radical (unpaired) electrons. The van der Waals surface area contributed by atoms with Gasteiger partial charge < -0.3 is 10.2 Å². The maximum Gasteiger partial charge on any atom is 0.265 e. The molecule has 4 nitrogen and oxygen atoms in total. The molecule has 0 spiro atoms. The Balaban J connectivity index is 2.14. The number of amides is 1. The van der Waals surface area contributed by atoms with Crippen molar-refractivity contribution in [2.75, 3.05) is 5.32 Å². The third-order valence-corrected chi connectivity index (χ3v) is 4.20. The van der Waals surface area contributed by atoms with Gasteiger partial charge >= 0.3 is 0 Å². The van der Waals surface area contributed by atoms with Gasteiger partial charge in [0.15, 0.2) is 0 Å². The van der Waals surface area contributed by atoms with Crippen molar-refractivity contribution in [3.8, 4) is 0 Å². The molecule has 0 atom stereocenters. The second kappa shape index (κ2) is 7.15. The van der Waals surface area contributed by atoms with Crippen LogP contribution in [-0.4, -0.2) is 17.7 Å². The first-order chi connectivity index (χ1) is 10.8. The Bertz CT molecular complexity index is 732. The predicted molar refractivity (Wildman–Crippen MR) is 96.9 cm³/mol. The number of benzene rings is 1. The lowest BCUT2D eigenvalue weighted by molar-refractivity contribution is 0.00199. The third kappa shape index (κ3) is 5.08. The first-order valence-electron chi connectivity index (χ1n) is 7.13. The lowest BCUT2D eigenvalue weighted by atomic mass is 10.2. The van der Waals surface area contributed by atoms with Gasteiger partial charge in [-0.05, 0) is 62.9 Å². The van der Waals surface area contributed by atoms with Crippen molar-refractivity contribution in [2.45, 2.75) is 33.3 Å². The fourth-order valence-electron chi connectivity index (χ4n) is 1.75. The number of thiophene rings is 1. The minimum atomic E-state index is -0.370. The van der Waals surface area contributed by atoms with Gasteiger partial charge in [0.1, 0.15) is 5.60 Å². The molecule has 0 aliphatic heterocycles. The van der Waals surface area contributed by atoms with Crippen LogP contribution in [0.4, 0.5) is 5.69 Å². The molecule has 1 aromatic carbocycles. The van der Waals surface area contributed by atoms with Crippen LogP contribution >= 0.6 is 22.9 Å². The fraction of sp³-hybridized carbons (Fsp3) is 0.294. The number of hydrogen-bond acceptors (Lipinski definition) is 4. The topological polar surface area (TPSA) is 50.7 Å². The highest BCUT2D eigenvalue weighted by atomic mass is 35.5. The molecule has 122 valence electrons. The Hall–Kier alpha value is -1.85. The Morgan fingerprint density at radius 2 is 2.09 bits per heavy atom. The average Bonchev–Trinajstić information content (AvgIpc) is 2.87. The van der Waals surface area contributed by atoms with E-state index in [2.05, 4.69) is 10.5 Å². The number of carbonyl (C=O) groups is 1. The maximum atomic E-state index is 12.2. The molecular weight excluding hydrogens is 332 g/mol. The Kier molecular flexibility index (Phi) is 5.44. The highest BCUT2D eigenvalue weighted by Crippen LogP contribution is 2.22. The number of oxime groups is 1. The summed E-state index contributed by atoms with van der Waals surface area (Å²) in [6.45, 7) is 7.64. The minimum absolute atomic E-state index is 0.131. The quantitative estimate of drug-likeness (QED) is 0.615. The van der Waals surface area contributed by atoms with E-state index in [1.807, 2.05) is 39.1 Å². The van der Waals surface area contributed by atoms with E-state index in [4.69, 9.17) is 16.4 Å². The SMILES string of the molecule is Cc1ccsc1C(=O)Nc1ccc(Cl)c(/C=N/OC(C)(C)C)c1. The third-order valence-electron chi connectivity index (χ3n) is 2.84. The number of nitrogens with zero attached hydrogens (tertiary/aromatic N) is 1. The number of nitrogens with one attached hydrogen (secondary N) is 1. The van der Waals surface area contributed by atoms with E-state index in [9.17, 15) is 4.79 Å². The molecule has 1 amide bonds. The largest absolute Gasteiger partial charge is 0.390 e. The van der Waals surface area contributed by atoms with Crippen molar-refractivity contribution < 1.29 is 9.63 Å². The van der Waals surface area contributed by atoms with Crippen LogP contribution in [0.25, 0.3) is 0 Å². The highest BCUT2D eigenvalue weighted by molar-refractivity contribution is 7.12. The Labute approximate surface area is 145 Å². The van der Waals surface area contributed by atoms with E-state index < -0.39 is 0 Å². The van der Waals surface area contributed by atoms with E-state index in [1.165, 1.54) is 11.3 Å². The second-order valence-electron chi connectivity index (χ2n) is 6.06. The van der Waals surface area contributed by atoms with Crippen molar-refractivity contribution >= 4 is 40.7 Å². The van der Waals surface area contributed by atoms with Crippen LogP contribution in [0.15, 0.2) is 34.8 Å². The molecule has 1 aromatic heterocycles. The highest BCUT2D eigenvalue weighted by Gasteiger charge is 2.12. The lowest BCUT2D eigenvalue weighted by Gasteiger charge is -2.15. The van der Waals surface area contributed by atoms with Gasteiger partial charge in [-0.15, -0.1) is 11.3 Å². The Morgan fingerprint density at radius 1 is 1.35 bits per heavy atom. The molecule has 23 heavy (non-hydrogen) atoms. The van der Waals surface area contributed by atoms with Crippen molar-refractivity contribution in [3.63, 3.8) is 0 Å².